The van der Waals surface area contributed by atoms with E-state index in [1.54, 1.807) is 0 Å². The van der Waals surface area contributed by atoms with Crippen LogP contribution in [-0.2, 0) is 0 Å². The Balaban J connectivity index is 1.91. The molecule has 0 spiro atoms. The van der Waals surface area contributed by atoms with Gasteiger partial charge in [-0.2, -0.15) is 24.4 Å². The maximum absolute atomic E-state index is 4.19. The third-order valence-corrected chi connectivity index (χ3v) is 3.91. The van der Waals surface area contributed by atoms with Crippen molar-refractivity contribution in [2.24, 2.45) is 5.92 Å². The molecule has 0 aromatic carbocycles. The van der Waals surface area contributed by atoms with Gasteiger partial charge in [-0.1, -0.05) is 0 Å². The van der Waals surface area contributed by atoms with Crippen LogP contribution in [0.5, 0.6) is 0 Å². The van der Waals surface area contributed by atoms with Gasteiger partial charge in [0, 0.05) is 5.75 Å². The van der Waals surface area contributed by atoms with Crippen LogP contribution in [0.4, 0.5) is 0 Å². The van der Waals surface area contributed by atoms with Crippen LogP contribution in [0.15, 0.2) is 0 Å². The fourth-order valence-electron chi connectivity index (χ4n) is 1.59. The summed E-state index contributed by atoms with van der Waals surface area (Å²) >= 11 is 6.24. The van der Waals surface area contributed by atoms with Gasteiger partial charge in [-0.05, 0) is 49.8 Å². The average Bonchev–Trinajstić information content (AvgIpc) is 2.14. The number of thiol groups is 1. The molecular formula is C9H19NS2. The topological polar surface area (TPSA) is 12.0 Å². The molecule has 1 nitrogen and oxygen atoms in total. The van der Waals surface area contributed by atoms with E-state index < -0.39 is 0 Å². The smallest absolute Gasteiger partial charge is 0.00210 e. The third-order valence-electron chi connectivity index (χ3n) is 2.36. The minimum Gasteiger partial charge on any atom is -0.317 e. The molecular weight excluding hydrogens is 186 g/mol. The van der Waals surface area contributed by atoms with Crippen molar-refractivity contribution in [3.8, 4) is 0 Å². The van der Waals surface area contributed by atoms with Gasteiger partial charge >= 0.3 is 0 Å². The third kappa shape index (κ3) is 4.63. The molecule has 1 aliphatic heterocycles. The monoisotopic (exact) mass is 205 g/mol. The van der Waals surface area contributed by atoms with Crippen molar-refractivity contribution in [3.05, 3.63) is 0 Å². The Morgan fingerprint density at radius 1 is 1.25 bits per heavy atom. The second kappa shape index (κ2) is 7.10. The molecule has 1 N–H and O–H groups in total. The minimum absolute atomic E-state index is 0.999. The Kier molecular flexibility index (Phi) is 6.35. The highest BCUT2D eigenvalue weighted by atomic mass is 32.2. The van der Waals surface area contributed by atoms with E-state index in [4.69, 9.17) is 0 Å². The van der Waals surface area contributed by atoms with Crippen molar-refractivity contribution in [2.75, 3.05) is 30.3 Å². The molecule has 0 aromatic heterocycles. The summed E-state index contributed by atoms with van der Waals surface area (Å²) in [6.07, 6.45) is 4.20. The van der Waals surface area contributed by atoms with E-state index in [0.717, 1.165) is 11.7 Å². The first-order valence-electron chi connectivity index (χ1n) is 4.83. The van der Waals surface area contributed by atoms with Crippen LogP contribution in [-0.4, -0.2) is 30.3 Å². The summed E-state index contributed by atoms with van der Waals surface area (Å²) in [4.78, 5) is 0. The first-order valence-corrected chi connectivity index (χ1v) is 6.61. The molecule has 1 heterocycles. The van der Waals surface area contributed by atoms with E-state index in [-0.39, 0.29) is 0 Å². The van der Waals surface area contributed by atoms with E-state index in [9.17, 15) is 0 Å². The molecule has 0 atom stereocenters. The molecule has 1 saturated heterocycles. The second-order valence-corrected chi connectivity index (χ2v) is 4.99. The van der Waals surface area contributed by atoms with Crippen LogP contribution < -0.4 is 5.32 Å². The minimum atomic E-state index is 0.999. The Morgan fingerprint density at radius 2 is 2.00 bits per heavy atom. The van der Waals surface area contributed by atoms with Crippen LogP contribution in [0.1, 0.15) is 19.3 Å². The zero-order valence-electron chi connectivity index (χ0n) is 7.59. The highest BCUT2D eigenvalue weighted by Crippen LogP contribution is 2.18. The van der Waals surface area contributed by atoms with Gasteiger partial charge in [0.05, 0.1) is 0 Å². The van der Waals surface area contributed by atoms with Crippen LogP contribution >= 0.6 is 24.4 Å². The lowest BCUT2D eigenvalue weighted by atomic mass is 9.96. The number of nitrogens with one attached hydrogen (secondary N) is 1. The standard InChI is InChI=1S/C9H19NS2/c11-6-8-12-7-3-9-1-4-10-5-2-9/h9-11H,1-8H2. The average molecular weight is 205 g/mol. The van der Waals surface area contributed by atoms with Crippen molar-refractivity contribution in [2.45, 2.75) is 19.3 Å². The number of hydrogen-bond acceptors (Lipinski definition) is 3. The van der Waals surface area contributed by atoms with E-state index in [1.807, 2.05) is 0 Å². The van der Waals surface area contributed by atoms with Crippen molar-refractivity contribution in [1.29, 1.82) is 0 Å². The van der Waals surface area contributed by atoms with E-state index in [1.165, 1.54) is 43.9 Å². The van der Waals surface area contributed by atoms with E-state index in [0.29, 0.717) is 0 Å². The SMILES string of the molecule is SCCSCCC1CCNCC1. The number of piperidine rings is 1. The Morgan fingerprint density at radius 3 is 2.67 bits per heavy atom. The highest BCUT2D eigenvalue weighted by molar-refractivity contribution is 7.99. The van der Waals surface area contributed by atoms with Gasteiger partial charge in [0.1, 0.15) is 0 Å². The zero-order chi connectivity index (χ0) is 8.65. The molecule has 0 radical (unpaired) electrons. The molecule has 0 unspecified atom stereocenters. The lowest BCUT2D eigenvalue weighted by Gasteiger charge is -2.22. The summed E-state index contributed by atoms with van der Waals surface area (Å²) in [5.74, 6) is 4.58. The number of rotatable bonds is 5. The number of hydrogen-bond donors (Lipinski definition) is 2. The fourth-order valence-corrected chi connectivity index (χ4v) is 2.81. The lowest BCUT2D eigenvalue weighted by Crippen LogP contribution is -2.27. The summed E-state index contributed by atoms with van der Waals surface area (Å²) in [5, 5.41) is 3.40. The van der Waals surface area contributed by atoms with Crippen LogP contribution in [0.2, 0.25) is 0 Å². The van der Waals surface area contributed by atoms with Crippen molar-refractivity contribution >= 4 is 24.4 Å². The molecule has 0 aliphatic carbocycles. The lowest BCUT2D eigenvalue weighted by molar-refractivity contribution is 0.367. The quantitative estimate of drug-likeness (QED) is 0.526. The summed E-state index contributed by atoms with van der Waals surface area (Å²) in [5.41, 5.74) is 0. The molecule has 0 bridgehead atoms. The predicted octanol–water partition coefficient (Wildman–Crippen LogP) is 2.04. The molecule has 0 aromatic rings. The fraction of sp³-hybridized carbons (Fsp3) is 1.00. The maximum Gasteiger partial charge on any atom is 0.00210 e. The first kappa shape index (κ1) is 10.7. The van der Waals surface area contributed by atoms with Gasteiger partial charge in [-0.15, -0.1) is 0 Å². The van der Waals surface area contributed by atoms with Crippen molar-refractivity contribution in [1.82, 2.24) is 5.32 Å². The van der Waals surface area contributed by atoms with Crippen LogP contribution in [0.3, 0.4) is 0 Å². The molecule has 0 amide bonds. The van der Waals surface area contributed by atoms with Gasteiger partial charge in [-0.25, -0.2) is 0 Å². The van der Waals surface area contributed by atoms with Gasteiger partial charge < -0.3 is 5.32 Å². The van der Waals surface area contributed by atoms with Gasteiger partial charge in [0.25, 0.3) is 0 Å². The molecule has 3 heteroatoms. The highest BCUT2D eigenvalue weighted by Gasteiger charge is 2.11. The zero-order valence-corrected chi connectivity index (χ0v) is 9.30. The molecule has 72 valence electrons. The van der Waals surface area contributed by atoms with E-state index in [2.05, 4.69) is 29.7 Å². The summed E-state index contributed by atoms with van der Waals surface area (Å²) < 4.78 is 0. The Labute approximate surface area is 85.5 Å². The summed E-state index contributed by atoms with van der Waals surface area (Å²) in [6, 6.07) is 0. The maximum atomic E-state index is 4.19. The molecule has 1 aliphatic rings. The van der Waals surface area contributed by atoms with Crippen LogP contribution in [0.25, 0.3) is 0 Å². The van der Waals surface area contributed by atoms with Gasteiger partial charge in [0.15, 0.2) is 0 Å². The normalized spacial score (nSPS) is 19.8. The number of thioether (sulfide) groups is 1. The summed E-state index contributed by atoms with van der Waals surface area (Å²) in [6.45, 7) is 2.48. The largest absolute Gasteiger partial charge is 0.317 e. The van der Waals surface area contributed by atoms with Crippen LogP contribution in [0, 0.1) is 5.92 Å². The molecule has 12 heavy (non-hydrogen) atoms. The first-order chi connectivity index (χ1) is 5.93. The Hall–Kier alpha value is 0.660. The Bertz CT molecular complexity index is 103. The second-order valence-electron chi connectivity index (χ2n) is 3.32. The van der Waals surface area contributed by atoms with Gasteiger partial charge in [-0.3, -0.25) is 0 Å². The van der Waals surface area contributed by atoms with Gasteiger partial charge in [0.2, 0.25) is 0 Å². The van der Waals surface area contributed by atoms with E-state index >= 15 is 0 Å². The van der Waals surface area contributed by atoms with Crippen molar-refractivity contribution < 1.29 is 0 Å². The molecule has 0 saturated carbocycles. The summed E-state index contributed by atoms with van der Waals surface area (Å²) in [7, 11) is 0. The molecule has 1 fully saturated rings. The molecule has 1 rings (SSSR count). The van der Waals surface area contributed by atoms with Crippen molar-refractivity contribution in [3.63, 3.8) is 0 Å². The predicted molar refractivity (Wildman–Crippen MR) is 61.4 cm³/mol.